The maximum atomic E-state index is 13.1. The van der Waals surface area contributed by atoms with Crippen molar-refractivity contribution in [1.82, 2.24) is 9.88 Å². The number of carbonyl (C=O) groups is 1. The number of nitrogens with zero attached hydrogens (tertiary/aromatic N) is 2. The van der Waals surface area contributed by atoms with E-state index < -0.39 is 0 Å². The zero-order valence-corrected chi connectivity index (χ0v) is 18.7. The number of rotatable bonds is 4. The topological polar surface area (TPSA) is 71.9 Å². The predicted molar refractivity (Wildman–Crippen MR) is 116 cm³/mol. The number of carbonyl (C=O) groups excluding carboxylic acids is 1. The number of benzene rings is 1. The summed E-state index contributed by atoms with van der Waals surface area (Å²) >= 11 is 1.57. The van der Waals surface area contributed by atoms with E-state index in [1.165, 1.54) is 0 Å². The van der Waals surface area contributed by atoms with E-state index in [0.29, 0.717) is 31.5 Å². The van der Waals surface area contributed by atoms with Gasteiger partial charge in [0.1, 0.15) is 5.75 Å². The Morgan fingerprint density at radius 3 is 2.77 bits per heavy atom. The summed E-state index contributed by atoms with van der Waals surface area (Å²) in [6, 6.07) is 5.64. The van der Waals surface area contributed by atoms with Crippen molar-refractivity contribution in [1.29, 1.82) is 0 Å². The summed E-state index contributed by atoms with van der Waals surface area (Å²) in [6.45, 7) is 7.21. The molecule has 0 unspecified atom stereocenters. The van der Waals surface area contributed by atoms with E-state index in [1.807, 2.05) is 50.1 Å². The number of ether oxygens (including phenoxy) is 2. The molecule has 1 N–H and O–H groups in total. The molecule has 0 saturated carbocycles. The van der Waals surface area contributed by atoms with Crippen LogP contribution >= 0.6 is 11.3 Å². The average molecular weight is 431 g/mol. The zero-order valence-electron chi connectivity index (χ0n) is 17.8. The Morgan fingerprint density at radius 2 is 2.13 bits per heavy atom. The third kappa shape index (κ3) is 4.53. The lowest BCUT2D eigenvalue weighted by Crippen LogP contribution is -2.52. The maximum absolute atomic E-state index is 13.1. The second-order valence-electron chi connectivity index (χ2n) is 8.73. The highest BCUT2D eigenvalue weighted by Gasteiger charge is 2.44. The molecule has 0 bridgehead atoms. The van der Waals surface area contributed by atoms with Gasteiger partial charge < -0.3 is 19.5 Å². The van der Waals surface area contributed by atoms with Crippen molar-refractivity contribution in [2.75, 3.05) is 13.1 Å². The predicted octanol–water partition coefficient (Wildman–Crippen LogP) is 4.13. The van der Waals surface area contributed by atoms with Crippen LogP contribution in [0, 0.1) is 6.92 Å². The number of thiazole rings is 1. The molecule has 2 fully saturated rings. The Labute approximate surface area is 181 Å². The molecule has 162 valence electrons. The quantitative estimate of drug-likeness (QED) is 0.790. The number of amides is 1. The summed E-state index contributed by atoms with van der Waals surface area (Å²) in [7, 11) is 0. The SMILES string of the molecule is Cc1cc(C(=O)N2CCC3(CC2)C[C@H](O)C[C@H](c2cncs2)O3)ccc1OC(C)C. The molecule has 2 aliphatic heterocycles. The van der Waals surface area contributed by atoms with Crippen LogP contribution in [0.5, 0.6) is 5.75 Å². The molecule has 2 aliphatic rings. The van der Waals surface area contributed by atoms with E-state index in [0.717, 1.165) is 29.0 Å². The summed E-state index contributed by atoms with van der Waals surface area (Å²) in [5.74, 6) is 0.859. The molecule has 1 amide bonds. The fourth-order valence-corrected chi connectivity index (χ4v) is 5.17. The second-order valence-corrected chi connectivity index (χ2v) is 9.64. The minimum Gasteiger partial charge on any atom is -0.491 e. The first-order valence-electron chi connectivity index (χ1n) is 10.7. The highest BCUT2D eigenvalue weighted by molar-refractivity contribution is 7.09. The zero-order chi connectivity index (χ0) is 21.3. The Kier molecular flexibility index (Phi) is 6.14. The summed E-state index contributed by atoms with van der Waals surface area (Å²) < 4.78 is 12.3. The molecule has 2 aromatic rings. The number of aromatic nitrogens is 1. The number of likely N-dealkylation sites (tertiary alicyclic amines) is 1. The lowest BCUT2D eigenvalue weighted by Gasteiger charge is -2.47. The smallest absolute Gasteiger partial charge is 0.253 e. The van der Waals surface area contributed by atoms with Gasteiger partial charge >= 0.3 is 0 Å². The summed E-state index contributed by atoms with van der Waals surface area (Å²) in [6.07, 6.45) is 4.14. The van der Waals surface area contributed by atoms with E-state index in [4.69, 9.17) is 9.47 Å². The molecular formula is C23H30N2O4S. The van der Waals surface area contributed by atoms with Gasteiger partial charge in [0.25, 0.3) is 5.91 Å². The molecule has 3 heterocycles. The van der Waals surface area contributed by atoms with E-state index in [2.05, 4.69) is 4.98 Å². The first-order chi connectivity index (χ1) is 14.3. The molecular weight excluding hydrogens is 400 g/mol. The van der Waals surface area contributed by atoms with Crippen LogP contribution in [-0.4, -0.2) is 51.8 Å². The molecule has 7 heteroatoms. The fourth-order valence-electron chi connectivity index (χ4n) is 4.51. The lowest BCUT2D eigenvalue weighted by atomic mass is 9.81. The van der Waals surface area contributed by atoms with Gasteiger partial charge in [-0.2, -0.15) is 0 Å². The summed E-state index contributed by atoms with van der Waals surface area (Å²) in [4.78, 5) is 20.2. The molecule has 1 aromatic carbocycles. The first-order valence-corrected chi connectivity index (χ1v) is 11.5. The van der Waals surface area contributed by atoms with Crippen LogP contribution < -0.4 is 4.74 Å². The van der Waals surface area contributed by atoms with Crippen molar-refractivity contribution >= 4 is 17.2 Å². The van der Waals surface area contributed by atoms with Gasteiger partial charge in [-0.3, -0.25) is 9.78 Å². The van der Waals surface area contributed by atoms with Gasteiger partial charge in [0.05, 0.1) is 34.3 Å². The van der Waals surface area contributed by atoms with Crippen LogP contribution in [0.1, 0.15) is 66.4 Å². The molecule has 0 aliphatic carbocycles. The van der Waals surface area contributed by atoms with Crippen LogP contribution in [0.15, 0.2) is 29.9 Å². The lowest BCUT2D eigenvalue weighted by molar-refractivity contribution is -0.180. The Morgan fingerprint density at radius 1 is 1.37 bits per heavy atom. The molecule has 6 nitrogen and oxygen atoms in total. The number of aliphatic hydroxyl groups is 1. The van der Waals surface area contributed by atoms with E-state index >= 15 is 0 Å². The second kappa shape index (κ2) is 8.65. The minimum absolute atomic E-state index is 0.0411. The van der Waals surface area contributed by atoms with E-state index in [-0.39, 0.29) is 29.8 Å². The van der Waals surface area contributed by atoms with Gasteiger partial charge in [-0.1, -0.05) is 0 Å². The van der Waals surface area contributed by atoms with Gasteiger partial charge in [-0.25, -0.2) is 0 Å². The van der Waals surface area contributed by atoms with Crippen molar-refractivity contribution in [2.24, 2.45) is 0 Å². The Balaban J connectivity index is 1.41. The van der Waals surface area contributed by atoms with Crippen molar-refractivity contribution in [2.45, 2.75) is 70.4 Å². The Hall–Kier alpha value is -1.96. The van der Waals surface area contributed by atoms with Gasteiger partial charge in [0.2, 0.25) is 0 Å². The third-order valence-electron chi connectivity index (χ3n) is 6.00. The molecule has 4 rings (SSSR count). The van der Waals surface area contributed by atoms with Crippen LogP contribution in [0.3, 0.4) is 0 Å². The largest absolute Gasteiger partial charge is 0.491 e. The highest BCUT2D eigenvalue weighted by atomic mass is 32.1. The van der Waals surface area contributed by atoms with Crippen molar-refractivity contribution in [3.63, 3.8) is 0 Å². The fraction of sp³-hybridized carbons (Fsp3) is 0.565. The average Bonchev–Trinajstić information content (AvgIpc) is 3.24. The monoisotopic (exact) mass is 430 g/mol. The van der Waals surface area contributed by atoms with Crippen molar-refractivity contribution < 1.29 is 19.4 Å². The number of piperidine rings is 1. The number of aryl methyl sites for hydroxylation is 1. The summed E-state index contributed by atoms with van der Waals surface area (Å²) in [5.41, 5.74) is 3.09. The molecule has 2 saturated heterocycles. The molecule has 1 aromatic heterocycles. The molecule has 1 spiro atoms. The molecule has 30 heavy (non-hydrogen) atoms. The van der Waals surface area contributed by atoms with Crippen LogP contribution in [0.4, 0.5) is 0 Å². The normalized spacial score (nSPS) is 23.7. The molecule has 2 atom stereocenters. The van der Waals surface area contributed by atoms with Crippen LogP contribution in [0.2, 0.25) is 0 Å². The molecule has 0 radical (unpaired) electrons. The van der Waals surface area contributed by atoms with Crippen molar-refractivity contribution in [3.8, 4) is 5.75 Å². The first kappa shape index (κ1) is 21.3. The van der Waals surface area contributed by atoms with Gasteiger partial charge in [0.15, 0.2) is 0 Å². The van der Waals surface area contributed by atoms with Gasteiger partial charge in [-0.15, -0.1) is 11.3 Å². The summed E-state index contributed by atoms with van der Waals surface area (Å²) in [5, 5.41) is 10.5. The van der Waals surface area contributed by atoms with Gasteiger partial charge in [-0.05, 0) is 57.4 Å². The van der Waals surface area contributed by atoms with Crippen molar-refractivity contribution in [3.05, 3.63) is 45.9 Å². The Bertz CT molecular complexity index is 875. The number of aliphatic hydroxyl groups excluding tert-OH is 1. The maximum Gasteiger partial charge on any atom is 0.253 e. The van der Waals surface area contributed by atoms with Gasteiger partial charge in [0, 0.05) is 37.7 Å². The number of hydrogen-bond acceptors (Lipinski definition) is 6. The standard InChI is InChI=1S/C23H30N2O4S/c1-15(2)28-19-5-4-17(10-16(19)3)22(27)25-8-6-23(7-9-25)12-18(26)11-20(29-23)21-13-24-14-30-21/h4-5,10,13-15,18,20,26H,6-9,11-12H2,1-3H3/t18-,20-/m1/s1. The van der Waals surface area contributed by atoms with E-state index in [1.54, 1.807) is 16.8 Å². The highest BCUT2D eigenvalue weighted by Crippen LogP contribution is 2.43. The van der Waals surface area contributed by atoms with Crippen LogP contribution in [0.25, 0.3) is 0 Å². The van der Waals surface area contributed by atoms with Crippen LogP contribution in [-0.2, 0) is 4.74 Å². The number of hydrogen-bond donors (Lipinski definition) is 1. The van der Waals surface area contributed by atoms with E-state index in [9.17, 15) is 9.90 Å². The minimum atomic E-state index is -0.385. The third-order valence-corrected chi connectivity index (χ3v) is 6.87.